The highest BCUT2D eigenvalue weighted by atomic mass is 19.1. The van der Waals surface area contributed by atoms with Crippen LogP contribution < -0.4 is 4.74 Å². The summed E-state index contributed by atoms with van der Waals surface area (Å²) in [7, 11) is 1.53. The average Bonchev–Trinajstić information content (AvgIpc) is 2.77. The molecule has 2 aromatic rings. The van der Waals surface area contributed by atoms with Gasteiger partial charge in [-0.3, -0.25) is 9.69 Å². The number of likely N-dealkylation sites (tertiary alicyclic amines) is 1. The lowest BCUT2D eigenvalue weighted by molar-refractivity contribution is -0.0513. The molecule has 1 aromatic carbocycles. The minimum atomic E-state index is -0.517. The van der Waals surface area contributed by atoms with E-state index in [0.29, 0.717) is 42.4 Å². The Balaban J connectivity index is 1.37. The van der Waals surface area contributed by atoms with Gasteiger partial charge in [-0.05, 0) is 67.3 Å². The highest BCUT2D eigenvalue weighted by molar-refractivity contribution is 5.96. The van der Waals surface area contributed by atoms with Crippen LogP contribution in [0.3, 0.4) is 0 Å². The number of hydrogen-bond donors (Lipinski definition) is 0. The number of methoxy groups -OCH3 is 1. The molecule has 3 aliphatic rings. The first-order valence-electron chi connectivity index (χ1n) is 11.0. The van der Waals surface area contributed by atoms with Gasteiger partial charge < -0.3 is 9.64 Å². The van der Waals surface area contributed by atoms with Gasteiger partial charge in [-0.2, -0.15) is 0 Å². The molecule has 0 N–H and O–H groups in total. The third-order valence-electron chi connectivity index (χ3n) is 7.14. The number of aromatic nitrogens is 1. The van der Waals surface area contributed by atoms with E-state index in [0.717, 1.165) is 43.9 Å². The summed E-state index contributed by atoms with van der Waals surface area (Å²) in [4.78, 5) is 21.8. The van der Waals surface area contributed by atoms with E-state index < -0.39 is 11.6 Å². The van der Waals surface area contributed by atoms with Crippen molar-refractivity contribution in [3.05, 3.63) is 59.3 Å². The zero-order valence-corrected chi connectivity index (χ0v) is 17.6. The summed E-state index contributed by atoms with van der Waals surface area (Å²) in [6.45, 7) is 2.22. The van der Waals surface area contributed by atoms with Crippen LogP contribution in [-0.4, -0.2) is 53.5 Å². The number of nitrogens with zero attached hydrogens (tertiary/aromatic N) is 3. The van der Waals surface area contributed by atoms with Gasteiger partial charge in [-0.1, -0.05) is 0 Å². The molecule has 5 nitrogen and oxygen atoms in total. The standard InChI is InChI=1S/C24H27F2N3O2/c1-31-23-20(4-3-7-27-23)24(30)28-12-15-8-17(14-28)22-6-2-5-21(29(22)13-15)16-9-18(25)11-19(26)10-16/h3-4,7,9-11,15,17,21-22H,2,5-6,8,12-14H2,1H3/t15-,17+,21+,22-/m0/s1. The summed E-state index contributed by atoms with van der Waals surface area (Å²) in [5, 5.41) is 0. The topological polar surface area (TPSA) is 45.7 Å². The Labute approximate surface area is 181 Å². The fourth-order valence-corrected chi connectivity index (χ4v) is 5.99. The zero-order chi connectivity index (χ0) is 21.5. The van der Waals surface area contributed by atoms with E-state index in [9.17, 15) is 13.6 Å². The Morgan fingerprint density at radius 2 is 1.94 bits per heavy atom. The first-order chi connectivity index (χ1) is 15.0. The van der Waals surface area contributed by atoms with Crippen molar-refractivity contribution in [2.75, 3.05) is 26.7 Å². The van der Waals surface area contributed by atoms with Crippen LogP contribution in [-0.2, 0) is 0 Å². The van der Waals surface area contributed by atoms with Gasteiger partial charge in [-0.25, -0.2) is 13.8 Å². The van der Waals surface area contributed by atoms with Crippen molar-refractivity contribution in [3.63, 3.8) is 0 Å². The minimum absolute atomic E-state index is 0.0346. The van der Waals surface area contributed by atoms with Crippen molar-refractivity contribution in [2.45, 2.75) is 37.8 Å². The van der Waals surface area contributed by atoms with Crippen molar-refractivity contribution in [1.82, 2.24) is 14.8 Å². The number of amides is 1. The largest absolute Gasteiger partial charge is 0.480 e. The molecule has 31 heavy (non-hydrogen) atoms. The number of carbonyl (C=O) groups excluding carboxylic acids is 1. The highest BCUT2D eigenvalue weighted by Gasteiger charge is 2.46. The number of rotatable bonds is 3. The second-order valence-corrected chi connectivity index (χ2v) is 9.05. The Morgan fingerprint density at radius 1 is 1.13 bits per heavy atom. The summed E-state index contributed by atoms with van der Waals surface area (Å²) in [5.41, 5.74) is 1.23. The molecule has 1 amide bonds. The molecule has 3 aliphatic heterocycles. The summed E-state index contributed by atoms with van der Waals surface area (Å²) >= 11 is 0. The Kier molecular flexibility index (Phi) is 5.38. The van der Waals surface area contributed by atoms with Crippen molar-refractivity contribution in [1.29, 1.82) is 0 Å². The first kappa shape index (κ1) is 20.4. The van der Waals surface area contributed by atoms with E-state index in [1.165, 1.54) is 19.2 Å². The molecule has 3 fully saturated rings. The monoisotopic (exact) mass is 427 g/mol. The lowest BCUT2D eigenvalue weighted by Gasteiger charge is -2.55. The molecule has 0 saturated carbocycles. The fraction of sp³-hybridized carbons (Fsp3) is 0.500. The predicted octanol–water partition coefficient (Wildman–Crippen LogP) is 4.06. The number of halogens is 2. The molecule has 4 atom stereocenters. The van der Waals surface area contributed by atoms with Crippen LogP contribution in [0.5, 0.6) is 5.88 Å². The van der Waals surface area contributed by atoms with Crippen LogP contribution >= 0.6 is 0 Å². The SMILES string of the molecule is COc1ncccc1C(=O)N1C[C@@H]2C[C@H](C1)[C@@H]1CCC[C@H](c3cc(F)cc(F)c3)N1C2. The molecule has 4 heterocycles. The van der Waals surface area contributed by atoms with Gasteiger partial charge in [0.1, 0.15) is 17.2 Å². The molecule has 7 heteroatoms. The van der Waals surface area contributed by atoms with Crippen LogP contribution in [0.2, 0.25) is 0 Å². The second kappa shape index (κ2) is 8.19. The van der Waals surface area contributed by atoms with E-state index in [1.54, 1.807) is 18.3 Å². The van der Waals surface area contributed by atoms with Gasteiger partial charge in [0.05, 0.1) is 7.11 Å². The number of hydrogen-bond acceptors (Lipinski definition) is 4. The maximum atomic E-state index is 13.9. The van der Waals surface area contributed by atoms with E-state index in [4.69, 9.17) is 4.74 Å². The van der Waals surface area contributed by atoms with E-state index in [-0.39, 0.29) is 11.9 Å². The number of ether oxygens (including phenoxy) is 1. The molecular weight excluding hydrogens is 400 g/mol. The van der Waals surface area contributed by atoms with Crippen molar-refractivity contribution >= 4 is 5.91 Å². The number of piperidine rings is 3. The van der Waals surface area contributed by atoms with E-state index in [2.05, 4.69) is 9.88 Å². The summed E-state index contributed by atoms with van der Waals surface area (Å²) < 4.78 is 33.1. The fourth-order valence-electron chi connectivity index (χ4n) is 5.99. The Morgan fingerprint density at radius 3 is 2.71 bits per heavy atom. The maximum Gasteiger partial charge on any atom is 0.259 e. The minimum Gasteiger partial charge on any atom is -0.480 e. The maximum absolute atomic E-state index is 13.9. The van der Waals surface area contributed by atoms with Gasteiger partial charge in [0.2, 0.25) is 5.88 Å². The summed E-state index contributed by atoms with van der Waals surface area (Å²) in [5.74, 6) is -0.00244. The zero-order valence-electron chi connectivity index (χ0n) is 17.6. The van der Waals surface area contributed by atoms with Crippen LogP contribution in [0.4, 0.5) is 8.78 Å². The molecule has 1 aromatic heterocycles. The summed E-state index contributed by atoms with van der Waals surface area (Å²) in [6, 6.07) is 7.77. The molecule has 0 aliphatic carbocycles. The molecule has 0 unspecified atom stereocenters. The van der Waals surface area contributed by atoms with Crippen molar-refractivity contribution in [3.8, 4) is 5.88 Å². The average molecular weight is 427 g/mol. The molecular formula is C24H27F2N3O2. The lowest BCUT2D eigenvalue weighted by Crippen LogP contribution is -2.60. The summed E-state index contributed by atoms with van der Waals surface area (Å²) in [6.07, 6.45) is 5.71. The van der Waals surface area contributed by atoms with Gasteiger partial charge in [0, 0.05) is 44.0 Å². The third-order valence-corrected chi connectivity index (χ3v) is 7.14. The molecule has 164 valence electrons. The van der Waals surface area contributed by atoms with E-state index >= 15 is 0 Å². The first-order valence-corrected chi connectivity index (χ1v) is 11.0. The molecule has 3 saturated heterocycles. The quantitative estimate of drug-likeness (QED) is 0.741. The van der Waals surface area contributed by atoms with Crippen molar-refractivity contribution in [2.24, 2.45) is 11.8 Å². The van der Waals surface area contributed by atoms with Crippen LogP contribution in [0, 0.1) is 23.5 Å². The molecule has 2 bridgehead atoms. The van der Waals surface area contributed by atoms with Gasteiger partial charge >= 0.3 is 0 Å². The Bertz CT molecular complexity index is 965. The van der Waals surface area contributed by atoms with Gasteiger partial charge in [0.25, 0.3) is 5.91 Å². The van der Waals surface area contributed by atoms with Gasteiger partial charge in [0.15, 0.2) is 0 Å². The smallest absolute Gasteiger partial charge is 0.259 e. The number of carbonyl (C=O) groups is 1. The van der Waals surface area contributed by atoms with Crippen LogP contribution in [0.25, 0.3) is 0 Å². The van der Waals surface area contributed by atoms with Crippen molar-refractivity contribution < 1.29 is 18.3 Å². The van der Waals surface area contributed by atoms with Crippen LogP contribution in [0.1, 0.15) is 47.6 Å². The number of fused-ring (bicyclic) bond motifs is 4. The molecule has 0 spiro atoms. The number of pyridine rings is 1. The molecule has 0 radical (unpaired) electrons. The second-order valence-electron chi connectivity index (χ2n) is 9.05. The predicted molar refractivity (Wildman–Crippen MR) is 112 cm³/mol. The van der Waals surface area contributed by atoms with Crippen LogP contribution in [0.15, 0.2) is 36.5 Å². The molecule has 5 rings (SSSR count). The third kappa shape index (κ3) is 3.80. The van der Waals surface area contributed by atoms with E-state index in [1.807, 2.05) is 4.90 Å². The lowest BCUT2D eigenvalue weighted by atomic mass is 9.73. The van der Waals surface area contributed by atoms with Gasteiger partial charge in [-0.15, -0.1) is 0 Å². The normalized spacial score (nSPS) is 28.2. The number of benzene rings is 1. The Hall–Kier alpha value is -2.54. The highest BCUT2D eigenvalue weighted by Crippen LogP contribution is 2.44.